The van der Waals surface area contributed by atoms with E-state index in [4.69, 9.17) is 4.98 Å². The highest BCUT2D eigenvalue weighted by atomic mass is 32.1. The van der Waals surface area contributed by atoms with Crippen LogP contribution in [0.25, 0.3) is 10.6 Å². The summed E-state index contributed by atoms with van der Waals surface area (Å²) in [5.74, 6) is 0.212. The average Bonchev–Trinajstić information content (AvgIpc) is 3.09. The van der Waals surface area contributed by atoms with E-state index in [2.05, 4.69) is 27.1 Å². The van der Waals surface area contributed by atoms with Gasteiger partial charge in [0.05, 0.1) is 5.69 Å². The highest BCUT2D eigenvalue weighted by Gasteiger charge is 2.20. The van der Waals surface area contributed by atoms with Crippen LogP contribution in [0.2, 0.25) is 0 Å². The second-order valence-electron chi connectivity index (χ2n) is 4.93. The summed E-state index contributed by atoms with van der Waals surface area (Å²) >= 11 is 3.40. The van der Waals surface area contributed by atoms with E-state index in [0.717, 1.165) is 49.5 Å². The maximum absolute atomic E-state index is 10.9. The van der Waals surface area contributed by atoms with Gasteiger partial charge in [-0.2, -0.15) is 11.3 Å². The predicted molar refractivity (Wildman–Crippen MR) is 79.5 cm³/mol. The van der Waals surface area contributed by atoms with Crippen LogP contribution in [0, 0.1) is 5.92 Å². The van der Waals surface area contributed by atoms with Crippen LogP contribution in [0.3, 0.4) is 0 Å². The van der Waals surface area contributed by atoms with Crippen molar-refractivity contribution >= 4 is 29.0 Å². The van der Waals surface area contributed by atoms with Gasteiger partial charge in [0.25, 0.3) is 0 Å². The van der Waals surface area contributed by atoms with Gasteiger partial charge in [-0.05, 0) is 30.8 Å². The summed E-state index contributed by atoms with van der Waals surface area (Å²) in [6.45, 7) is 2.83. The lowest BCUT2D eigenvalue weighted by Crippen LogP contribution is -2.35. The molecule has 0 bridgehead atoms. The number of thiazole rings is 1. The molecule has 0 aliphatic carbocycles. The van der Waals surface area contributed by atoms with Gasteiger partial charge in [-0.15, -0.1) is 11.3 Å². The molecule has 1 unspecified atom stereocenters. The van der Waals surface area contributed by atoms with Crippen molar-refractivity contribution in [2.24, 2.45) is 5.92 Å². The molecule has 5 heteroatoms. The topological polar surface area (TPSA) is 33.2 Å². The van der Waals surface area contributed by atoms with Gasteiger partial charge in [0, 0.05) is 35.3 Å². The van der Waals surface area contributed by atoms with Crippen LogP contribution in [0.4, 0.5) is 0 Å². The molecular formula is C14H16N2OS2. The molecular weight excluding hydrogens is 276 g/mol. The Hall–Kier alpha value is -1.04. The van der Waals surface area contributed by atoms with Crippen molar-refractivity contribution in [1.82, 2.24) is 9.88 Å². The standard InChI is InChI=1S/C14H16N2OS2/c17-8-11-2-1-4-16(6-11)7-13-10-19-14(15-13)12-3-5-18-9-12/h3,5,8-11H,1-2,4,6-7H2. The Bertz CT molecular complexity index is 535. The van der Waals surface area contributed by atoms with Crippen LogP contribution in [-0.4, -0.2) is 29.3 Å². The summed E-state index contributed by atoms with van der Waals surface area (Å²) < 4.78 is 0. The van der Waals surface area contributed by atoms with Crippen LogP contribution < -0.4 is 0 Å². The molecule has 1 aliphatic rings. The molecule has 0 amide bonds. The van der Waals surface area contributed by atoms with Gasteiger partial charge in [0.2, 0.25) is 0 Å². The molecule has 1 aliphatic heterocycles. The van der Waals surface area contributed by atoms with Crippen molar-refractivity contribution in [3.05, 3.63) is 27.9 Å². The lowest BCUT2D eigenvalue weighted by molar-refractivity contribution is -0.112. The summed E-state index contributed by atoms with van der Waals surface area (Å²) in [6, 6.07) is 2.11. The summed E-state index contributed by atoms with van der Waals surface area (Å²) in [7, 11) is 0. The number of likely N-dealkylation sites (tertiary alicyclic amines) is 1. The Labute approximate surface area is 120 Å². The normalized spacial score (nSPS) is 20.5. The van der Waals surface area contributed by atoms with E-state index in [1.54, 1.807) is 22.7 Å². The fourth-order valence-corrected chi connectivity index (χ4v) is 4.00. The maximum atomic E-state index is 10.9. The van der Waals surface area contributed by atoms with E-state index in [1.807, 2.05) is 0 Å². The molecule has 1 fully saturated rings. The van der Waals surface area contributed by atoms with Crippen molar-refractivity contribution < 1.29 is 4.79 Å². The van der Waals surface area contributed by atoms with Gasteiger partial charge in [0.15, 0.2) is 0 Å². The van der Waals surface area contributed by atoms with Crippen molar-refractivity contribution in [3.8, 4) is 10.6 Å². The molecule has 1 atom stereocenters. The quantitative estimate of drug-likeness (QED) is 0.811. The minimum atomic E-state index is 0.212. The number of carbonyl (C=O) groups excluding carboxylic acids is 1. The molecule has 19 heavy (non-hydrogen) atoms. The average molecular weight is 292 g/mol. The molecule has 2 aromatic rings. The first-order valence-corrected chi connectivity index (χ1v) is 8.32. The Morgan fingerprint density at radius 3 is 3.21 bits per heavy atom. The van der Waals surface area contributed by atoms with E-state index in [-0.39, 0.29) is 5.92 Å². The first-order chi connectivity index (χ1) is 9.35. The lowest BCUT2D eigenvalue weighted by atomic mass is 10.00. The van der Waals surface area contributed by atoms with E-state index in [1.165, 1.54) is 5.56 Å². The van der Waals surface area contributed by atoms with Crippen LogP contribution >= 0.6 is 22.7 Å². The predicted octanol–water partition coefficient (Wildman–Crippen LogP) is 3.28. The van der Waals surface area contributed by atoms with Crippen LogP contribution in [0.5, 0.6) is 0 Å². The molecule has 0 spiro atoms. The van der Waals surface area contributed by atoms with Gasteiger partial charge in [0.1, 0.15) is 11.3 Å². The second kappa shape index (κ2) is 5.94. The number of thiophene rings is 1. The Kier molecular flexibility index (Phi) is 4.06. The molecule has 100 valence electrons. The highest BCUT2D eigenvalue weighted by molar-refractivity contribution is 7.14. The van der Waals surface area contributed by atoms with Crippen molar-refractivity contribution in [1.29, 1.82) is 0 Å². The van der Waals surface area contributed by atoms with Gasteiger partial charge >= 0.3 is 0 Å². The minimum Gasteiger partial charge on any atom is -0.303 e. The third-order valence-corrected chi connectivity index (χ3v) is 5.06. The molecule has 2 aromatic heterocycles. The fourth-order valence-electron chi connectivity index (χ4n) is 2.47. The molecule has 3 rings (SSSR count). The molecule has 0 N–H and O–H groups in total. The van der Waals surface area contributed by atoms with Crippen LogP contribution in [-0.2, 0) is 11.3 Å². The zero-order valence-electron chi connectivity index (χ0n) is 10.6. The van der Waals surface area contributed by atoms with E-state index >= 15 is 0 Å². The first kappa shape index (κ1) is 13.0. The summed E-state index contributed by atoms with van der Waals surface area (Å²) in [4.78, 5) is 17.9. The molecule has 3 heterocycles. The van der Waals surface area contributed by atoms with Gasteiger partial charge in [-0.25, -0.2) is 4.98 Å². The van der Waals surface area contributed by atoms with Crippen molar-refractivity contribution in [2.75, 3.05) is 13.1 Å². The Balaban J connectivity index is 1.65. The summed E-state index contributed by atoms with van der Waals surface area (Å²) in [5, 5.41) is 7.44. The minimum absolute atomic E-state index is 0.212. The Morgan fingerprint density at radius 2 is 2.42 bits per heavy atom. The smallest absolute Gasteiger partial charge is 0.124 e. The lowest BCUT2D eigenvalue weighted by Gasteiger charge is -2.29. The molecule has 1 saturated heterocycles. The number of aromatic nitrogens is 1. The van der Waals surface area contributed by atoms with Crippen molar-refractivity contribution in [2.45, 2.75) is 19.4 Å². The summed E-state index contributed by atoms with van der Waals surface area (Å²) in [6.07, 6.45) is 3.26. The highest BCUT2D eigenvalue weighted by Crippen LogP contribution is 2.26. The molecule has 0 saturated carbocycles. The number of aldehydes is 1. The molecule has 0 aromatic carbocycles. The first-order valence-electron chi connectivity index (χ1n) is 6.50. The zero-order chi connectivity index (χ0) is 13.1. The molecule has 0 radical (unpaired) electrons. The number of carbonyl (C=O) groups is 1. The number of rotatable bonds is 4. The zero-order valence-corrected chi connectivity index (χ0v) is 12.3. The molecule has 3 nitrogen and oxygen atoms in total. The largest absolute Gasteiger partial charge is 0.303 e. The number of hydrogen-bond donors (Lipinski definition) is 0. The monoisotopic (exact) mass is 292 g/mol. The van der Waals surface area contributed by atoms with Crippen LogP contribution in [0.1, 0.15) is 18.5 Å². The van der Waals surface area contributed by atoms with E-state index in [0.29, 0.717) is 0 Å². The van der Waals surface area contributed by atoms with E-state index < -0.39 is 0 Å². The van der Waals surface area contributed by atoms with Gasteiger partial charge in [-0.3, -0.25) is 4.90 Å². The van der Waals surface area contributed by atoms with Crippen molar-refractivity contribution in [3.63, 3.8) is 0 Å². The third-order valence-electron chi connectivity index (χ3n) is 3.44. The van der Waals surface area contributed by atoms with Gasteiger partial charge < -0.3 is 4.79 Å². The number of hydrogen-bond acceptors (Lipinski definition) is 5. The second-order valence-corrected chi connectivity index (χ2v) is 6.57. The van der Waals surface area contributed by atoms with Crippen LogP contribution in [0.15, 0.2) is 22.2 Å². The summed E-state index contributed by atoms with van der Waals surface area (Å²) in [5.41, 5.74) is 2.34. The number of nitrogens with zero attached hydrogens (tertiary/aromatic N) is 2. The Morgan fingerprint density at radius 1 is 1.47 bits per heavy atom. The number of piperidine rings is 1. The SMILES string of the molecule is O=CC1CCCN(Cc2csc(-c3ccsc3)n2)C1. The third kappa shape index (κ3) is 3.11. The van der Waals surface area contributed by atoms with Gasteiger partial charge in [-0.1, -0.05) is 0 Å². The van der Waals surface area contributed by atoms with E-state index in [9.17, 15) is 4.79 Å². The fraction of sp³-hybridized carbons (Fsp3) is 0.429. The maximum Gasteiger partial charge on any atom is 0.124 e.